The van der Waals surface area contributed by atoms with E-state index in [1.165, 1.54) is 5.69 Å². The first kappa shape index (κ1) is 14.3. The van der Waals surface area contributed by atoms with Crippen molar-refractivity contribution in [3.63, 3.8) is 0 Å². The summed E-state index contributed by atoms with van der Waals surface area (Å²) in [5.74, 6) is 0.729. The predicted octanol–water partition coefficient (Wildman–Crippen LogP) is 1.85. The summed E-state index contributed by atoms with van der Waals surface area (Å²) < 4.78 is 3.12. The van der Waals surface area contributed by atoms with E-state index < -0.39 is 0 Å². The zero-order chi connectivity index (χ0) is 13.1. The van der Waals surface area contributed by atoms with E-state index in [2.05, 4.69) is 30.8 Å². The summed E-state index contributed by atoms with van der Waals surface area (Å²) in [5.41, 5.74) is 2.33. The maximum absolute atomic E-state index is 5.77. The fourth-order valence-corrected chi connectivity index (χ4v) is 3.05. The quantitative estimate of drug-likeness (QED) is 0.785. The second-order valence-corrected chi connectivity index (χ2v) is 5.95. The molecule has 4 nitrogen and oxygen atoms in total. The Hall–Kier alpha value is -0.100. The summed E-state index contributed by atoms with van der Waals surface area (Å²) >= 11 is 9.40. The second kappa shape index (κ2) is 6.37. The molecule has 0 aromatic carbocycles. The lowest BCUT2D eigenvalue weighted by Crippen LogP contribution is -2.46. The molecule has 1 aliphatic rings. The van der Waals surface area contributed by atoms with Gasteiger partial charge in [-0.3, -0.25) is 14.5 Å². The molecule has 0 unspecified atom stereocenters. The molecule has 0 atom stereocenters. The number of nitrogens with zero attached hydrogens (tertiary/aromatic N) is 4. The van der Waals surface area contributed by atoms with Gasteiger partial charge in [0.1, 0.15) is 0 Å². The minimum Gasteiger partial charge on any atom is -0.300 e. The van der Waals surface area contributed by atoms with Gasteiger partial charge in [0, 0.05) is 52.2 Å². The fourth-order valence-electron chi connectivity index (χ4n) is 2.35. The summed E-state index contributed by atoms with van der Waals surface area (Å²) in [4.78, 5) is 4.90. The SMILES string of the molecule is Cc1nn(C)c(CN2CCN(CCCl)CC2)c1Br. The summed E-state index contributed by atoms with van der Waals surface area (Å²) in [6, 6.07) is 0. The largest absolute Gasteiger partial charge is 0.300 e. The van der Waals surface area contributed by atoms with Gasteiger partial charge < -0.3 is 0 Å². The number of aryl methyl sites for hydroxylation is 2. The highest BCUT2D eigenvalue weighted by Gasteiger charge is 2.19. The third-order valence-electron chi connectivity index (χ3n) is 3.50. The van der Waals surface area contributed by atoms with Crippen LogP contribution < -0.4 is 0 Å². The standard InChI is InChI=1S/C12H20BrClN4/c1-10-12(13)11(16(2)15-10)9-18-7-5-17(4-3-14)6-8-18/h3-9H2,1-2H3. The van der Waals surface area contributed by atoms with Crippen molar-refractivity contribution in [2.24, 2.45) is 7.05 Å². The summed E-state index contributed by atoms with van der Waals surface area (Å²) in [6.45, 7) is 8.44. The Morgan fingerprint density at radius 1 is 1.22 bits per heavy atom. The molecule has 1 aromatic rings. The van der Waals surface area contributed by atoms with Crippen molar-refractivity contribution in [1.29, 1.82) is 0 Å². The third-order valence-corrected chi connectivity index (χ3v) is 4.70. The van der Waals surface area contributed by atoms with Crippen molar-refractivity contribution in [2.75, 3.05) is 38.6 Å². The third kappa shape index (κ3) is 3.26. The van der Waals surface area contributed by atoms with Gasteiger partial charge in [-0.15, -0.1) is 11.6 Å². The molecule has 1 fully saturated rings. The molecule has 1 aromatic heterocycles. The maximum atomic E-state index is 5.77. The van der Waals surface area contributed by atoms with E-state index in [0.717, 1.165) is 55.3 Å². The number of halogens is 2. The van der Waals surface area contributed by atoms with Crippen LogP contribution in [-0.2, 0) is 13.6 Å². The molecule has 0 bridgehead atoms. The first-order valence-corrected chi connectivity index (χ1v) is 7.63. The van der Waals surface area contributed by atoms with Crippen molar-refractivity contribution in [2.45, 2.75) is 13.5 Å². The smallest absolute Gasteiger partial charge is 0.0739 e. The van der Waals surface area contributed by atoms with Crippen molar-refractivity contribution in [1.82, 2.24) is 19.6 Å². The van der Waals surface area contributed by atoms with Gasteiger partial charge in [0.15, 0.2) is 0 Å². The molecule has 1 aliphatic heterocycles. The number of rotatable bonds is 4. The first-order valence-electron chi connectivity index (χ1n) is 6.30. The molecule has 0 saturated carbocycles. The number of piperazine rings is 1. The molecule has 2 heterocycles. The molecule has 102 valence electrons. The Morgan fingerprint density at radius 2 is 1.83 bits per heavy atom. The zero-order valence-electron chi connectivity index (χ0n) is 11.0. The molecule has 1 saturated heterocycles. The molecular formula is C12H20BrClN4. The Morgan fingerprint density at radius 3 is 2.33 bits per heavy atom. The van der Waals surface area contributed by atoms with Crippen molar-refractivity contribution in [3.05, 3.63) is 15.9 Å². The van der Waals surface area contributed by atoms with Gasteiger partial charge in [-0.05, 0) is 22.9 Å². The van der Waals surface area contributed by atoms with Crippen molar-refractivity contribution >= 4 is 27.5 Å². The van der Waals surface area contributed by atoms with Gasteiger partial charge in [0.2, 0.25) is 0 Å². The average molecular weight is 336 g/mol. The minimum atomic E-state index is 0.729. The summed E-state index contributed by atoms with van der Waals surface area (Å²) in [5, 5.41) is 4.44. The van der Waals surface area contributed by atoms with Gasteiger partial charge in [0.05, 0.1) is 15.9 Å². The topological polar surface area (TPSA) is 24.3 Å². The van der Waals surface area contributed by atoms with E-state index in [9.17, 15) is 0 Å². The highest BCUT2D eigenvalue weighted by molar-refractivity contribution is 9.10. The molecule has 0 aliphatic carbocycles. The summed E-state index contributed by atoms with van der Waals surface area (Å²) in [7, 11) is 2.01. The van der Waals surface area contributed by atoms with E-state index in [1.807, 2.05) is 18.7 Å². The highest BCUT2D eigenvalue weighted by Crippen LogP contribution is 2.22. The molecule has 0 N–H and O–H groups in total. The first-order chi connectivity index (χ1) is 8.61. The van der Waals surface area contributed by atoms with Crippen LogP contribution in [0, 0.1) is 6.92 Å². The van der Waals surface area contributed by atoms with E-state index >= 15 is 0 Å². The minimum absolute atomic E-state index is 0.729. The van der Waals surface area contributed by atoms with Crippen LogP contribution >= 0.6 is 27.5 Å². The van der Waals surface area contributed by atoms with Gasteiger partial charge in [-0.2, -0.15) is 5.10 Å². The van der Waals surface area contributed by atoms with Crippen molar-refractivity contribution < 1.29 is 0 Å². The van der Waals surface area contributed by atoms with Crippen molar-refractivity contribution in [3.8, 4) is 0 Å². The van der Waals surface area contributed by atoms with Crippen LogP contribution in [0.1, 0.15) is 11.4 Å². The number of hydrogen-bond donors (Lipinski definition) is 0. The van der Waals surface area contributed by atoms with Crippen LogP contribution in [0.3, 0.4) is 0 Å². The molecule has 0 radical (unpaired) electrons. The second-order valence-electron chi connectivity index (χ2n) is 4.78. The van der Waals surface area contributed by atoms with E-state index in [-0.39, 0.29) is 0 Å². The van der Waals surface area contributed by atoms with Crippen LogP contribution in [-0.4, -0.2) is 58.2 Å². The summed E-state index contributed by atoms with van der Waals surface area (Å²) in [6.07, 6.45) is 0. The van der Waals surface area contributed by atoms with Crippen LogP contribution in [0.15, 0.2) is 4.47 Å². The lowest BCUT2D eigenvalue weighted by molar-refractivity contribution is 0.130. The number of hydrogen-bond acceptors (Lipinski definition) is 3. The van der Waals surface area contributed by atoms with E-state index in [4.69, 9.17) is 11.6 Å². The molecule has 2 rings (SSSR count). The monoisotopic (exact) mass is 334 g/mol. The molecule has 6 heteroatoms. The lowest BCUT2D eigenvalue weighted by atomic mass is 10.3. The number of aromatic nitrogens is 2. The zero-order valence-corrected chi connectivity index (χ0v) is 13.3. The Labute approximate surface area is 122 Å². The predicted molar refractivity (Wildman–Crippen MR) is 78.1 cm³/mol. The van der Waals surface area contributed by atoms with E-state index in [1.54, 1.807) is 0 Å². The lowest BCUT2D eigenvalue weighted by Gasteiger charge is -2.34. The maximum Gasteiger partial charge on any atom is 0.0739 e. The van der Waals surface area contributed by atoms with Gasteiger partial charge in [-0.25, -0.2) is 0 Å². The number of alkyl halides is 1. The van der Waals surface area contributed by atoms with Gasteiger partial charge in [0.25, 0.3) is 0 Å². The Balaban J connectivity index is 1.91. The molecule has 0 amide bonds. The van der Waals surface area contributed by atoms with E-state index in [0.29, 0.717) is 0 Å². The van der Waals surface area contributed by atoms with Crippen LogP contribution in [0.4, 0.5) is 0 Å². The Kier molecular flexibility index (Phi) is 5.06. The average Bonchev–Trinajstić information content (AvgIpc) is 2.59. The van der Waals surface area contributed by atoms with Crippen LogP contribution in [0.2, 0.25) is 0 Å². The fraction of sp³-hybridized carbons (Fsp3) is 0.750. The highest BCUT2D eigenvalue weighted by atomic mass is 79.9. The molecular weight excluding hydrogens is 316 g/mol. The molecule has 0 spiro atoms. The Bertz CT molecular complexity index is 399. The molecule has 18 heavy (non-hydrogen) atoms. The van der Waals surface area contributed by atoms with Gasteiger partial charge in [-0.1, -0.05) is 0 Å². The normalized spacial score (nSPS) is 18.4. The van der Waals surface area contributed by atoms with Crippen LogP contribution in [0.5, 0.6) is 0 Å². The van der Waals surface area contributed by atoms with Gasteiger partial charge >= 0.3 is 0 Å². The van der Waals surface area contributed by atoms with Crippen LogP contribution in [0.25, 0.3) is 0 Å².